The molecule has 18 heavy (non-hydrogen) atoms. The van der Waals surface area contributed by atoms with Gasteiger partial charge in [-0.05, 0) is 49.3 Å². The van der Waals surface area contributed by atoms with Crippen molar-refractivity contribution in [2.24, 2.45) is 11.8 Å². The van der Waals surface area contributed by atoms with Gasteiger partial charge in [0.2, 0.25) is 0 Å². The quantitative estimate of drug-likeness (QED) is 0.858. The molecule has 0 amide bonds. The minimum absolute atomic E-state index is 0.359. The van der Waals surface area contributed by atoms with E-state index < -0.39 is 0 Å². The van der Waals surface area contributed by atoms with E-state index in [4.69, 9.17) is 5.26 Å². The summed E-state index contributed by atoms with van der Waals surface area (Å²) >= 11 is 0. The van der Waals surface area contributed by atoms with Gasteiger partial charge in [-0.1, -0.05) is 13.8 Å². The van der Waals surface area contributed by atoms with Gasteiger partial charge >= 0.3 is 0 Å². The molecule has 1 fully saturated rings. The second kappa shape index (κ2) is 5.39. The molecule has 1 aromatic rings. The van der Waals surface area contributed by atoms with Gasteiger partial charge in [-0.3, -0.25) is 0 Å². The van der Waals surface area contributed by atoms with Crippen LogP contribution in [0, 0.1) is 29.0 Å². The minimum Gasteiger partial charge on any atom is -0.381 e. The molecule has 0 heterocycles. The second-order valence-corrected chi connectivity index (χ2v) is 5.56. The topological polar surface area (TPSA) is 35.8 Å². The standard InChI is InChI=1S/C15H19FN2/c1-10-5-11(2)7-14(6-10)18-15-4-3-13(16)8-12(15)9-17/h3-4,8,10-11,14,18H,5-7H2,1-2H3. The normalized spacial score (nSPS) is 27.6. The van der Waals surface area contributed by atoms with Crippen LogP contribution in [-0.2, 0) is 0 Å². The molecular weight excluding hydrogens is 227 g/mol. The van der Waals surface area contributed by atoms with Crippen molar-refractivity contribution >= 4 is 5.69 Å². The lowest BCUT2D eigenvalue weighted by molar-refractivity contribution is 0.281. The molecule has 1 aliphatic rings. The molecule has 0 aromatic heterocycles. The molecule has 1 aliphatic carbocycles. The lowest BCUT2D eigenvalue weighted by atomic mass is 9.80. The molecule has 0 spiro atoms. The number of nitrogens with zero attached hydrogens (tertiary/aromatic N) is 1. The first-order valence-corrected chi connectivity index (χ1v) is 6.54. The first kappa shape index (κ1) is 12.9. The number of hydrogen-bond donors (Lipinski definition) is 1. The molecule has 2 unspecified atom stereocenters. The van der Waals surface area contributed by atoms with Crippen LogP contribution in [0.2, 0.25) is 0 Å². The summed E-state index contributed by atoms with van der Waals surface area (Å²) in [5.41, 5.74) is 1.14. The Bertz CT molecular complexity index is 454. The average molecular weight is 246 g/mol. The summed E-state index contributed by atoms with van der Waals surface area (Å²) in [6, 6.07) is 6.79. The zero-order valence-electron chi connectivity index (χ0n) is 10.9. The molecule has 1 aromatic carbocycles. The molecule has 0 bridgehead atoms. The first-order chi connectivity index (χ1) is 8.58. The van der Waals surface area contributed by atoms with E-state index in [-0.39, 0.29) is 5.82 Å². The van der Waals surface area contributed by atoms with Crippen molar-refractivity contribution in [2.45, 2.75) is 39.2 Å². The number of anilines is 1. The van der Waals surface area contributed by atoms with E-state index in [0.29, 0.717) is 23.4 Å². The molecule has 0 aliphatic heterocycles. The SMILES string of the molecule is CC1CC(C)CC(Nc2ccc(F)cc2C#N)C1. The van der Waals surface area contributed by atoms with Crippen LogP contribution >= 0.6 is 0 Å². The van der Waals surface area contributed by atoms with Gasteiger partial charge in [0.15, 0.2) is 0 Å². The highest BCUT2D eigenvalue weighted by Crippen LogP contribution is 2.31. The van der Waals surface area contributed by atoms with E-state index in [1.165, 1.54) is 18.6 Å². The third-order valence-corrected chi connectivity index (χ3v) is 3.64. The van der Waals surface area contributed by atoms with Crippen molar-refractivity contribution in [3.63, 3.8) is 0 Å². The first-order valence-electron chi connectivity index (χ1n) is 6.54. The highest BCUT2D eigenvalue weighted by Gasteiger charge is 2.24. The average Bonchev–Trinajstić information content (AvgIpc) is 2.30. The summed E-state index contributed by atoms with van der Waals surface area (Å²) in [6.45, 7) is 4.53. The van der Waals surface area contributed by atoms with Crippen LogP contribution < -0.4 is 5.32 Å². The summed E-state index contributed by atoms with van der Waals surface area (Å²) in [6.07, 6.45) is 3.51. The Kier molecular flexibility index (Phi) is 3.86. The van der Waals surface area contributed by atoms with Crippen LogP contribution in [-0.4, -0.2) is 6.04 Å². The van der Waals surface area contributed by atoms with E-state index in [9.17, 15) is 4.39 Å². The third-order valence-electron chi connectivity index (χ3n) is 3.64. The summed E-state index contributed by atoms with van der Waals surface area (Å²) in [7, 11) is 0. The Morgan fingerprint density at radius 3 is 2.50 bits per heavy atom. The zero-order valence-corrected chi connectivity index (χ0v) is 10.9. The van der Waals surface area contributed by atoms with Crippen molar-refractivity contribution in [1.82, 2.24) is 0 Å². The van der Waals surface area contributed by atoms with Crippen LogP contribution in [0.25, 0.3) is 0 Å². The van der Waals surface area contributed by atoms with Gasteiger partial charge in [0.1, 0.15) is 11.9 Å². The fraction of sp³-hybridized carbons (Fsp3) is 0.533. The third kappa shape index (κ3) is 3.01. The maximum absolute atomic E-state index is 13.1. The smallest absolute Gasteiger partial charge is 0.124 e. The largest absolute Gasteiger partial charge is 0.381 e. The van der Waals surface area contributed by atoms with E-state index in [1.807, 2.05) is 6.07 Å². The van der Waals surface area contributed by atoms with E-state index >= 15 is 0 Å². The molecule has 0 radical (unpaired) electrons. The lowest BCUT2D eigenvalue weighted by Crippen LogP contribution is -2.30. The molecule has 3 heteroatoms. The van der Waals surface area contributed by atoms with Gasteiger partial charge in [0, 0.05) is 6.04 Å². The fourth-order valence-electron chi connectivity index (χ4n) is 3.02. The number of rotatable bonds is 2. The van der Waals surface area contributed by atoms with Crippen molar-refractivity contribution < 1.29 is 4.39 Å². The van der Waals surface area contributed by atoms with Gasteiger partial charge in [-0.15, -0.1) is 0 Å². The molecule has 1 saturated carbocycles. The maximum Gasteiger partial charge on any atom is 0.124 e. The monoisotopic (exact) mass is 246 g/mol. The molecule has 1 N–H and O–H groups in total. The number of hydrogen-bond acceptors (Lipinski definition) is 2. The van der Waals surface area contributed by atoms with Gasteiger partial charge in [0.25, 0.3) is 0 Å². The van der Waals surface area contributed by atoms with Crippen molar-refractivity contribution in [3.8, 4) is 6.07 Å². The van der Waals surface area contributed by atoms with Crippen LogP contribution in [0.5, 0.6) is 0 Å². The van der Waals surface area contributed by atoms with Crippen molar-refractivity contribution in [3.05, 3.63) is 29.6 Å². The molecule has 2 atom stereocenters. The summed E-state index contributed by atoms with van der Waals surface area (Å²) in [5, 5.41) is 12.4. The van der Waals surface area contributed by atoms with E-state index in [1.54, 1.807) is 6.07 Å². The number of nitrogens with one attached hydrogen (secondary N) is 1. The summed E-state index contributed by atoms with van der Waals surface area (Å²) in [4.78, 5) is 0. The molecule has 2 nitrogen and oxygen atoms in total. The Labute approximate surface area is 108 Å². The summed E-state index contributed by atoms with van der Waals surface area (Å²) in [5.74, 6) is 1.05. The Morgan fingerprint density at radius 2 is 1.89 bits per heavy atom. The Balaban J connectivity index is 2.12. The van der Waals surface area contributed by atoms with Gasteiger partial charge in [0.05, 0.1) is 11.3 Å². The fourth-order valence-corrected chi connectivity index (χ4v) is 3.02. The molecule has 96 valence electrons. The predicted molar refractivity (Wildman–Crippen MR) is 70.7 cm³/mol. The minimum atomic E-state index is -0.359. The van der Waals surface area contributed by atoms with Crippen molar-refractivity contribution in [1.29, 1.82) is 5.26 Å². The predicted octanol–water partition coefficient (Wildman–Crippen LogP) is 3.93. The summed E-state index contributed by atoms with van der Waals surface area (Å²) < 4.78 is 13.1. The van der Waals surface area contributed by atoms with Crippen LogP contribution in [0.4, 0.5) is 10.1 Å². The number of halogens is 1. The highest BCUT2D eigenvalue weighted by atomic mass is 19.1. The molecule has 0 saturated heterocycles. The highest BCUT2D eigenvalue weighted by molar-refractivity contribution is 5.57. The maximum atomic E-state index is 13.1. The van der Waals surface area contributed by atoms with Crippen molar-refractivity contribution in [2.75, 3.05) is 5.32 Å². The van der Waals surface area contributed by atoms with Crippen LogP contribution in [0.3, 0.4) is 0 Å². The van der Waals surface area contributed by atoms with E-state index in [2.05, 4.69) is 19.2 Å². The van der Waals surface area contributed by atoms with E-state index in [0.717, 1.165) is 18.5 Å². The van der Waals surface area contributed by atoms with Gasteiger partial charge in [-0.25, -0.2) is 4.39 Å². The lowest BCUT2D eigenvalue weighted by Gasteiger charge is -2.32. The molecular formula is C15H19FN2. The number of nitriles is 1. The molecule has 2 rings (SSSR count). The van der Waals surface area contributed by atoms with Gasteiger partial charge in [-0.2, -0.15) is 5.26 Å². The Morgan fingerprint density at radius 1 is 1.22 bits per heavy atom. The van der Waals surface area contributed by atoms with Crippen LogP contribution in [0.15, 0.2) is 18.2 Å². The van der Waals surface area contributed by atoms with Gasteiger partial charge < -0.3 is 5.32 Å². The zero-order chi connectivity index (χ0) is 13.1. The number of benzene rings is 1. The van der Waals surface area contributed by atoms with Crippen LogP contribution in [0.1, 0.15) is 38.7 Å². The second-order valence-electron chi connectivity index (χ2n) is 5.56. The Hall–Kier alpha value is -1.56.